The van der Waals surface area contributed by atoms with Gasteiger partial charge in [-0.05, 0) is 12.1 Å². The van der Waals surface area contributed by atoms with Gasteiger partial charge < -0.3 is 5.32 Å². The first kappa shape index (κ1) is 14.2. The van der Waals surface area contributed by atoms with Crippen LogP contribution >= 0.6 is 11.3 Å². The van der Waals surface area contributed by atoms with Gasteiger partial charge >= 0.3 is 0 Å². The standard InChI is InChI=1S/C15H21N3S/c1-15(2,3)14-18-11-13(19-14)10-16-9-7-12-6-4-5-8-17-12/h4-6,8,11,16H,7,9-10H2,1-3H3. The maximum Gasteiger partial charge on any atom is 0.0981 e. The predicted molar refractivity (Wildman–Crippen MR) is 80.5 cm³/mol. The summed E-state index contributed by atoms with van der Waals surface area (Å²) in [6, 6.07) is 6.04. The molecule has 102 valence electrons. The Kier molecular flexibility index (Phi) is 4.66. The summed E-state index contributed by atoms with van der Waals surface area (Å²) in [5.41, 5.74) is 1.28. The van der Waals surface area contributed by atoms with Crippen LogP contribution in [0.2, 0.25) is 0 Å². The summed E-state index contributed by atoms with van der Waals surface area (Å²) in [5, 5.41) is 4.65. The molecule has 4 heteroatoms. The normalized spacial score (nSPS) is 11.7. The van der Waals surface area contributed by atoms with Crippen LogP contribution in [0.25, 0.3) is 0 Å². The molecule has 0 atom stereocenters. The fourth-order valence-corrected chi connectivity index (χ4v) is 2.65. The van der Waals surface area contributed by atoms with Crippen molar-refractivity contribution >= 4 is 11.3 Å². The molecule has 2 heterocycles. The van der Waals surface area contributed by atoms with Crippen molar-refractivity contribution in [3.63, 3.8) is 0 Å². The number of nitrogens with one attached hydrogen (secondary N) is 1. The highest BCUT2D eigenvalue weighted by molar-refractivity contribution is 7.11. The van der Waals surface area contributed by atoms with E-state index in [1.54, 1.807) is 11.3 Å². The van der Waals surface area contributed by atoms with E-state index in [9.17, 15) is 0 Å². The van der Waals surface area contributed by atoms with Gasteiger partial charge in [0.25, 0.3) is 0 Å². The number of aromatic nitrogens is 2. The van der Waals surface area contributed by atoms with Crippen molar-refractivity contribution in [3.8, 4) is 0 Å². The third kappa shape index (κ3) is 4.40. The molecule has 0 aliphatic carbocycles. The largest absolute Gasteiger partial charge is 0.311 e. The van der Waals surface area contributed by atoms with Gasteiger partial charge in [0.2, 0.25) is 0 Å². The highest BCUT2D eigenvalue weighted by Crippen LogP contribution is 2.26. The molecular weight excluding hydrogens is 254 g/mol. The maximum atomic E-state index is 4.49. The lowest BCUT2D eigenvalue weighted by Crippen LogP contribution is -2.16. The molecule has 0 aliphatic rings. The van der Waals surface area contributed by atoms with Crippen molar-refractivity contribution in [1.82, 2.24) is 15.3 Å². The van der Waals surface area contributed by atoms with Gasteiger partial charge in [-0.3, -0.25) is 4.98 Å². The molecule has 0 radical (unpaired) electrons. The van der Waals surface area contributed by atoms with Crippen molar-refractivity contribution < 1.29 is 0 Å². The SMILES string of the molecule is CC(C)(C)c1ncc(CNCCc2ccccn2)s1. The van der Waals surface area contributed by atoms with Crippen LogP contribution in [0.15, 0.2) is 30.6 Å². The first-order valence-electron chi connectivity index (χ1n) is 6.61. The Morgan fingerprint density at radius 3 is 2.68 bits per heavy atom. The zero-order valence-electron chi connectivity index (χ0n) is 11.8. The number of nitrogens with zero attached hydrogens (tertiary/aromatic N) is 2. The molecule has 3 nitrogen and oxygen atoms in total. The van der Waals surface area contributed by atoms with Gasteiger partial charge in [-0.2, -0.15) is 0 Å². The second kappa shape index (κ2) is 6.26. The molecule has 0 aliphatic heterocycles. The smallest absolute Gasteiger partial charge is 0.0981 e. The highest BCUT2D eigenvalue weighted by Gasteiger charge is 2.17. The first-order valence-corrected chi connectivity index (χ1v) is 7.43. The fraction of sp³-hybridized carbons (Fsp3) is 0.467. The van der Waals surface area contributed by atoms with Gasteiger partial charge in [-0.15, -0.1) is 11.3 Å². The van der Waals surface area contributed by atoms with Gasteiger partial charge in [0.05, 0.1) is 5.01 Å². The summed E-state index contributed by atoms with van der Waals surface area (Å²) in [5.74, 6) is 0. The summed E-state index contributed by atoms with van der Waals surface area (Å²) in [7, 11) is 0. The van der Waals surface area contributed by atoms with Gasteiger partial charge in [-0.1, -0.05) is 26.8 Å². The van der Waals surface area contributed by atoms with E-state index in [4.69, 9.17) is 0 Å². The Labute approximate surface area is 119 Å². The van der Waals surface area contributed by atoms with Crippen LogP contribution in [0.3, 0.4) is 0 Å². The van der Waals surface area contributed by atoms with Crippen LogP contribution in [0.1, 0.15) is 36.3 Å². The molecule has 2 aromatic rings. The summed E-state index contributed by atoms with van der Waals surface area (Å²) in [4.78, 5) is 10.1. The number of pyridine rings is 1. The Morgan fingerprint density at radius 1 is 1.21 bits per heavy atom. The number of thiazole rings is 1. The van der Waals surface area contributed by atoms with Crippen molar-refractivity contribution in [2.45, 2.75) is 39.2 Å². The molecule has 0 unspecified atom stereocenters. The summed E-state index contributed by atoms with van der Waals surface area (Å²) in [6.07, 6.45) is 4.79. The second-order valence-electron chi connectivity index (χ2n) is 5.63. The Morgan fingerprint density at radius 2 is 2.05 bits per heavy atom. The monoisotopic (exact) mass is 275 g/mol. The second-order valence-corrected chi connectivity index (χ2v) is 6.74. The summed E-state index contributed by atoms with van der Waals surface area (Å²) < 4.78 is 0. The lowest BCUT2D eigenvalue weighted by atomic mass is 9.98. The predicted octanol–water partition coefficient (Wildman–Crippen LogP) is 3.17. The molecule has 0 bridgehead atoms. The van der Waals surface area contributed by atoms with Crippen LogP contribution in [0, 0.1) is 0 Å². The number of hydrogen-bond acceptors (Lipinski definition) is 4. The van der Waals surface area contributed by atoms with E-state index >= 15 is 0 Å². The molecule has 0 aromatic carbocycles. The van der Waals surface area contributed by atoms with Crippen LogP contribution < -0.4 is 5.32 Å². The Hall–Kier alpha value is -1.26. The quantitative estimate of drug-likeness (QED) is 0.852. The highest BCUT2D eigenvalue weighted by atomic mass is 32.1. The molecule has 0 saturated carbocycles. The average molecular weight is 275 g/mol. The minimum atomic E-state index is 0.150. The fourth-order valence-electron chi connectivity index (χ4n) is 1.71. The van der Waals surface area contributed by atoms with E-state index in [2.05, 4.69) is 42.1 Å². The minimum Gasteiger partial charge on any atom is -0.311 e. The van der Waals surface area contributed by atoms with Gasteiger partial charge in [0.15, 0.2) is 0 Å². The van der Waals surface area contributed by atoms with E-state index in [0.717, 1.165) is 25.2 Å². The van der Waals surface area contributed by atoms with Gasteiger partial charge in [-0.25, -0.2) is 4.98 Å². The van der Waals surface area contributed by atoms with E-state index < -0.39 is 0 Å². The summed E-state index contributed by atoms with van der Waals surface area (Å²) >= 11 is 1.80. The third-order valence-electron chi connectivity index (χ3n) is 2.78. The van der Waals surface area contributed by atoms with Crippen molar-refractivity contribution in [3.05, 3.63) is 46.2 Å². The Bertz CT molecular complexity index is 500. The molecule has 2 aromatic heterocycles. The molecule has 0 saturated heterocycles. The summed E-state index contributed by atoms with van der Waals surface area (Å²) in [6.45, 7) is 8.43. The Balaban J connectivity index is 1.76. The molecule has 0 spiro atoms. The van der Waals surface area contributed by atoms with E-state index in [-0.39, 0.29) is 5.41 Å². The zero-order chi connectivity index (χ0) is 13.7. The first-order chi connectivity index (χ1) is 9.05. The van der Waals surface area contributed by atoms with Crippen molar-refractivity contribution in [1.29, 1.82) is 0 Å². The van der Waals surface area contributed by atoms with Gasteiger partial charge in [0, 0.05) is 47.9 Å². The lowest BCUT2D eigenvalue weighted by Gasteiger charge is -2.13. The lowest BCUT2D eigenvalue weighted by molar-refractivity contribution is 0.585. The van der Waals surface area contributed by atoms with Crippen LogP contribution in [0.5, 0.6) is 0 Å². The van der Waals surface area contributed by atoms with Crippen LogP contribution in [-0.4, -0.2) is 16.5 Å². The third-order valence-corrected chi connectivity index (χ3v) is 4.20. The molecule has 0 amide bonds. The average Bonchev–Trinajstić information content (AvgIpc) is 2.85. The van der Waals surface area contributed by atoms with Crippen LogP contribution in [-0.2, 0) is 18.4 Å². The zero-order valence-corrected chi connectivity index (χ0v) is 12.6. The van der Waals surface area contributed by atoms with Crippen LogP contribution in [0.4, 0.5) is 0 Å². The molecule has 1 N–H and O–H groups in total. The van der Waals surface area contributed by atoms with Crippen molar-refractivity contribution in [2.24, 2.45) is 0 Å². The topological polar surface area (TPSA) is 37.8 Å². The molecule has 19 heavy (non-hydrogen) atoms. The number of rotatable bonds is 5. The number of hydrogen-bond donors (Lipinski definition) is 1. The molecule has 2 rings (SSSR count). The molecular formula is C15H21N3S. The molecule has 0 fully saturated rings. The maximum absolute atomic E-state index is 4.49. The minimum absolute atomic E-state index is 0.150. The van der Waals surface area contributed by atoms with E-state index in [1.165, 1.54) is 9.88 Å². The van der Waals surface area contributed by atoms with Crippen molar-refractivity contribution in [2.75, 3.05) is 6.54 Å². The van der Waals surface area contributed by atoms with Gasteiger partial charge in [0.1, 0.15) is 0 Å². The van der Waals surface area contributed by atoms with E-state index in [0.29, 0.717) is 0 Å². The van der Waals surface area contributed by atoms with E-state index in [1.807, 2.05) is 24.5 Å².